The summed E-state index contributed by atoms with van der Waals surface area (Å²) in [6.45, 7) is 0.682. The molecular weight excluding hydrogens is 337 g/mol. The molecule has 8 heteroatoms. The monoisotopic (exact) mass is 345 g/mol. The Morgan fingerprint density at radius 1 is 1.53 bits per heavy atom. The van der Waals surface area contributed by atoms with Crippen LogP contribution in [0.3, 0.4) is 0 Å². The van der Waals surface area contributed by atoms with Gasteiger partial charge in [0.15, 0.2) is 5.69 Å². The molecule has 100 valence electrons. The average Bonchev–Trinajstić information content (AvgIpc) is 2.82. The van der Waals surface area contributed by atoms with E-state index in [1.54, 1.807) is 12.1 Å². The molecule has 1 aromatic heterocycles. The smallest absolute Gasteiger partial charge is 0.358 e. The van der Waals surface area contributed by atoms with Crippen LogP contribution >= 0.6 is 27.5 Å². The van der Waals surface area contributed by atoms with Gasteiger partial charge in [0.2, 0.25) is 0 Å². The molecule has 0 amide bonds. The van der Waals surface area contributed by atoms with E-state index in [0.717, 1.165) is 4.47 Å². The van der Waals surface area contributed by atoms with Crippen molar-refractivity contribution in [1.29, 1.82) is 0 Å². The SMILES string of the molecule is O=C(O)c1cn(CCOc2cc(Br)ccc2Cl)nn1. The minimum Gasteiger partial charge on any atom is -0.490 e. The first-order chi connectivity index (χ1) is 9.06. The number of aromatic carboxylic acids is 1. The summed E-state index contributed by atoms with van der Waals surface area (Å²) in [7, 11) is 0. The zero-order chi connectivity index (χ0) is 13.8. The standard InChI is InChI=1S/C11H9BrClN3O3/c12-7-1-2-8(13)10(5-7)19-4-3-16-6-9(11(17)18)14-15-16/h1-2,5-6H,3-4H2,(H,17,18). The second-order valence-corrected chi connectivity index (χ2v) is 4.92. The number of carbonyl (C=O) groups is 1. The van der Waals surface area contributed by atoms with E-state index >= 15 is 0 Å². The van der Waals surface area contributed by atoms with Crippen LogP contribution in [0.25, 0.3) is 0 Å². The summed E-state index contributed by atoms with van der Waals surface area (Å²) in [5.74, 6) is -0.559. The van der Waals surface area contributed by atoms with E-state index in [0.29, 0.717) is 23.9 Å². The summed E-state index contributed by atoms with van der Waals surface area (Å²) in [6, 6.07) is 5.29. The largest absolute Gasteiger partial charge is 0.490 e. The lowest BCUT2D eigenvalue weighted by atomic mass is 10.3. The van der Waals surface area contributed by atoms with E-state index in [2.05, 4.69) is 26.2 Å². The third-order valence-electron chi connectivity index (χ3n) is 2.23. The Kier molecular flexibility index (Phi) is 4.39. The van der Waals surface area contributed by atoms with Crippen molar-refractivity contribution in [2.45, 2.75) is 6.54 Å². The van der Waals surface area contributed by atoms with Gasteiger partial charge in [-0.25, -0.2) is 9.48 Å². The van der Waals surface area contributed by atoms with E-state index in [-0.39, 0.29) is 5.69 Å². The lowest BCUT2D eigenvalue weighted by Crippen LogP contribution is -2.09. The summed E-state index contributed by atoms with van der Waals surface area (Å²) in [6.07, 6.45) is 1.34. The van der Waals surface area contributed by atoms with Gasteiger partial charge < -0.3 is 9.84 Å². The highest BCUT2D eigenvalue weighted by atomic mass is 79.9. The van der Waals surface area contributed by atoms with Crippen LogP contribution in [0.5, 0.6) is 5.75 Å². The van der Waals surface area contributed by atoms with Gasteiger partial charge in [0.25, 0.3) is 0 Å². The molecule has 0 spiro atoms. The molecule has 0 fully saturated rings. The lowest BCUT2D eigenvalue weighted by Gasteiger charge is -2.08. The van der Waals surface area contributed by atoms with Crippen molar-refractivity contribution < 1.29 is 14.6 Å². The maximum absolute atomic E-state index is 10.6. The van der Waals surface area contributed by atoms with Gasteiger partial charge in [0.05, 0.1) is 17.8 Å². The van der Waals surface area contributed by atoms with Gasteiger partial charge in [-0.2, -0.15) is 0 Å². The molecule has 0 radical (unpaired) electrons. The molecule has 2 aromatic rings. The number of rotatable bonds is 5. The topological polar surface area (TPSA) is 77.2 Å². The summed E-state index contributed by atoms with van der Waals surface area (Å²) in [5, 5.41) is 16.4. The minimum atomic E-state index is -1.11. The van der Waals surface area contributed by atoms with Crippen LogP contribution in [0, 0.1) is 0 Å². The van der Waals surface area contributed by atoms with Crippen LogP contribution in [0.2, 0.25) is 5.02 Å². The third-order valence-corrected chi connectivity index (χ3v) is 3.03. The van der Waals surface area contributed by atoms with Crippen molar-refractivity contribution in [2.24, 2.45) is 0 Å². The van der Waals surface area contributed by atoms with Gasteiger partial charge in [0, 0.05) is 4.47 Å². The molecule has 0 aliphatic heterocycles. The minimum absolute atomic E-state index is 0.0968. The molecule has 0 aliphatic rings. The number of benzene rings is 1. The second-order valence-electron chi connectivity index (χ2n) is 3.60. The number of nitrogens with zero attached hydrogens (tertiary/aromatic N) is 3. The number of carboxylic acids is 1. The van der Waals surface area contributed by atoms with Crippen LogP contribution in [-0.2, 0) is 6.54 Å². The summed E-state index contributed by atoms with van der Waals surface area (Å²) >= 11 is 9.29. The molecule has 1 N–H and O–H groups in total. The van der Waals surface area contributed by atoms with Gasteiger partial charge in [0.1, 0.15) is 12.4 Å². The van der Waals surface area contributed by atoms with Crippen molar-refractivity contribution in [3.05, 3.63) is 39.6 Å². The molecule has 0 saturated heterocycles. The average molecular weight is 347 g/mol. The molecule has 0 unspecified atom stereocenters. The van der Waals surface area contributed by atoms with Crippen LogP contribution < -0.4 is 4.74 Å². The van der Waals surface area contributed by atoms with Crippen LogP contribution in [-0.4, -0.2) is 32.7 Å². The van der Waals surface area contributed by atoms with Crippen LogP contribution in [0.4, 0.5) is 0 Å². The molecule has 2 rings (SSSR count). The third kappa shape index (κ3) is 3.68. The Labute approximate surface area is 122 Å². The van der Waals surface area contributed by atoms with Gasteiger partial charge in [-0.05, 0) is 18.2 Å². The fraction of sp³-hybridized carbons (Fsp3) is 0.182. The van der Waals surface area contributed by atoms with Crippen molar-refractivity contribution in [3.63, 3.8) is 0 Å². The van der Waals surface area contributed by atoms with E-state index in [1.807, 2.05) is 6.07 Å². The van der Waals surface area contributed by atoms with Gasteiger partial charge in [-0.3, -0.25) is 0 Å². The Morgan fingerprint density at radius 3 is 3.00 bits per heavy atom. The first-order valence-electron chi connectivity index (χ1n) is 5.27. The maximum atomic E-state index is 10.6. The number of aromatic nitrogens is 3. The second kappa shape index (κ2) is 6.03. The first-order valence-corrected chi connectivity index (χ1v) is 6.44. The Hall–Kier alpha value is -1.60. The predicted octanol–water partition coefficient (Wildman–Crippen LogP) is 2.47. The van der Waals surface area contributed by atoms with Crippen molar-refractivity contribution in [1.82, 2.24) is 15.0 Å². The normalized spacial score (nSPS) is 10.4. The van der Waals surface area contributed by atoms with Crippen molar-refractivity contribution in [3.8, 4) is 5.75 Å². The van der Waals surface area contributed by atoms with E-state index < -0.39 is 5.97 Å². The molecule has 0 aliphatic carbocycles. The molecule has 6 nitrogen and oxygen atoms in total. The molecule has 19 heavy (non-hydrogen) atoms. The number of halogens is 2. The summed E-state index contributed by atoms with van der Waals surface area (Å²) in [4.78, 5) is 10.6. The fourth-order valence-electron chi connectivity index (χ4n) is 1.34. The molecular formula is C11H9BrClN3O3. The highest BCUT2D eigenvalue weighted by Gasteiger charge is 2.08. The zero-order valence-electron chi connectivity index (χ0n) is 9.58. The quantitative estimate of drug-likeness (QED) is 0.900. The number of carboxylic acid groups (broad SMARTS) is 1. The van der Waals surface area contributed by atoms with Gasteiger partial charge in [-0.15, -0.1) is 5.10 Å². The van der Waals surface area contributed by atoms with Gasteiger partial charge >= 0.3 is 5.97 Å². The number of ether oxygens (including phenoxy) is 1. The Balaban J connectivity index is 1.92. The fourth-order valence-corrected chi connectivity index (χ4v) is 1.85. The Morgan fingerprint density at radius 2 is 2.32 bits per heavy atom. The highest BCUT2D eigenvalue weighted by Crippen LogP contribution is 2.27. The predicted molar refractivity (Wildman–Crippen MR) is 71.6 cm³/mol. The van der Waals surface area contributed by atoms with E-state index in [9.17, 15) is 4.79 Å². The zero-order valence-corrected chi connectivity index (χ0v) is 11.9. The molecule has 0 saturated carbocycles. The maximum Gasteiger partial charge on any atom is 0.358 e. The lowest BCUT2D eigenvalue weighted by molar-refractivity contribution is 0.0690. The van der Waals surface area contributed by atoms with Crippen molar-refractivity contribution >= 4 is 33.5 Å². The molecule has 0 bridgehead atoms. The summed E-state index contributed by atoms with van der Waals surface area (Å²) in [5.41, 5.74) is -0.0968. The first kappa shape index (κ1) is 13.8. The van der Waals surface area contributed by atoms with Crippen molar-refractivity contribution in [2.75, 3.05) is 6.61 Å². The van der Waals surface area contributed by atoms with E-state index in [4.69, 9.17) is 21.4 Å². The van der Waals surface area contributed by atoms with Crippen LogP contribution in [0.15, 0.2) is 28.9 Å². The number of hydrogen-bond acceptors (Lipinski definition) is 4. The van der Waals surface area contributed by atoms with Crippen LogP contribution in [0.1, 0.15) is 10.5 Å². The summed E-state index contributed by atoms with van der Waals surface area (Å²) < 4.78 is 7.75. The molecule has 0 atom stereocenters. The molecule has 1 heterocycles. The van der Waals surface area contributed by atoms with E-state index in [1.165, 1.54) is 10.9 Å². The number of hydrogen-bond donors (Lipinski definition) is 1. The van der Waals surface area contributed by atoms with Gasteiger partial charge in [-0.1, -0.05) is 32.7 Å². The highest BCUT2D eigenvalue weighted by molar-refractivity contribution is 9.10. The molecule has 1 aromatic carbocycles. The Bertz CT molecular complexity index is 603.